The minimum Gasteiger partial charge on any atom is -0.353 e. The molecule has 6 heteroatoms. The Bertz CT molecular complexity index is 536. The smallest absolute Gasteiger partial charge is 0.271 e. The maximum Gasteiger partial charge on any atom is 0.271 e. The molecular weight excluding hydrogens is 280 g/mol. The average Bonchev–Trinajstić information content (AvgIpc) is 3.19. The molecule has 2 aliphatic rings. The lowest BCUT2D eigenvalue weighted by molar-refractivity contribution is -0.133. The first kappa shape index (κ1) is 15.1. The fraction of sp³-hybridized carbons (Fsp3) is 0.688. The Morgan fingerprint density at radius 3 is 2.82 bits per heavy atom. The number of rotatable bonds is 3. The first-order chi connectivity index (χ1) is 10.6. The lowest BCUT2D eigenvalue weighted by Gasteiger charge is -2.39. The van der Waals surface area contributed by atoms with Crippen molar-refractivity contribution in [3.8, 4) is 0 Å². The SMILES string of the molecule is C[C@@]1(C(=O)NC2CCCC2)CCCN(C(=O)c2ccn[nH]2)C1. The van der Waals surface area contributed by atoms with Crippen molar-refractivity contribution >= 4 is 11.8 Å². The molecule has 2 heterocycles. The van der Waals surface area contributed by atoms with Crippen LogP contribution in [0.25, 0.3) is 0 Å². The van der Waals surface area contributed by atoms with Crippen LogP contribution in [0.2, 0.25) is 0 Å². The van der Waals surface area contributed by atoms with E-state index in [-0.39, 0.29) is 11.8 Å². The number of carbonyl (C=O) groups excluding carboxylic acids is 2. The summed E-state index contributed by atoms with van der Waals surface area (Å²) in [7, 11) is 0. The highest BCUT2D eigenvalue weighted by Gasteiger charge is 2.40. The van der Waals surface area contributed by atoms with Crippen LogP contribution in [0.3, 0.4) is 0 Å². The monoisotopic (exact) mass is 304 g/mol. The number of nitrogens with zero attached hydrogens (tertiary/aromatic N) is 2. The lowest BCUT2D eigenvalue weighted by Crippen LogP contribution is -2.53. The third-order valence-electron chi connectivity index (χ3n) is 4.95. The van der Waals surface area contributed by atoms with E-state index in [2.05, 4.69) is 15.5 Å². The number of aromatic nitrogens is 2. The number of H-pyrrole nitrogens is 1. The third kappa shape index (κ3) is 3.00. The van der Waals surface area contributed by atoms with Gasteiger partial charge in [0, 0.05) is 25.3 Å². The fourth-order valence-corrected chi connectivity index (χ4v) is 3.57. The second-order valence-electron chi connectivity index (χ2n) is 6.82. The molecule has 6 nitrogen and oxygen atoms in total. The zero-order valence-corrected chi connectivity index (χ0v) is 13.1. The summed E-state index contributed by atoms with van der Waals surface area (Å²) >= 11 is 0. The Morgan fingerprint density at radius 2 is 2.14 bits per heavy atom. The molecule has 1 atom stereocenters. The van der Waals surface area contributed by atoms with Gasteiger partial charge in [-0.15, -0.1) is 0 Å². The van der Waals surface area contributed by atoms with E-state index in [1.54, 1.807) is 17.2 Å². The van der Waals surface area contributed by atoms with Gasteiger partial charge in [0.2, 0.25) is 5.91 Å². The van der Waals surface area contributed by atoms with Gasteiger partial charge in [0.25, 0.3) is 5.91 Å². The summed E-state index contributed by atoms with van der Waals surface area (Å²) < 4.78 is 0. The number of carbonyl (C=O) groups is 2. The zero-order valence-electron chi connectivity index (χ0n) is 13.1. The zero-order chi connectivity index (χ0) is 15.6. The summed E-state index contributed by atoms with van der Waals surface area (Å²) in [5.41, 5.74) is -0.00303. The van der Waals surface area contributed by atoms with Crippen molar-refractivity contribution in [3.05, 3.63) is 18.0 Å². The van der Waals surface area contributed by atoms with Crippen LogP contribution in [0.1, 0.15) is 55.9 Å². The molecule has 2 amide bonds. The van der Waals surface area contributed by atoms with E-state index in [0.717, 1.165) is 25.7 Å². The van der Waals surface area contributed by atoms with E-state index in [0.29, 0.717) is 24.8 Å². The number of likely N-dealkylation sites (tertiary alicyclic amines) is 1. The van der Waals surface area contributed by atoms with Crippen LogP contribution in [-0.4, -0.2) is 46.0 Å². The van der Waals surface area contributed by atoms with Gasteiger partial charge in [0.15, 0.2) is 0 Å². The molecule has 1 aromatic heterocycles. The largest absolute Gasteiger partial charge is 0.353 e. The summed E-state index contributed by atoms with van der Waals surface area (Å²) in [6, 6.07) is 2.00. The van der Waals surface area contributed by atoms with Crippen molar-refractivity contribution in [1.82, 2.24) is 20.4 Å². The van der Waals surface area contributed by atoms with Gasteiger partial charge in [-0.25, -0.2) is 0 Å². The maximum atomic E-state index is 12.7. The van der Waals surface area contributed by atoms with Crippen molar-refractivity contribution in [2.75, 3.05) is 13.1 Å². The van der Waals surface area contributed by atoms with Crippen molar-refractivity contribution < 1.29 is 9.59 Å². The number of piperidine rings is 1. The molecule has 1 aliphatic carbocycles. The van der Waals surface area contributed by atoms with Crippen molar-refractivity contribution in [1.29, 1.82) is 0 Å². The Balaban J connectivity index is 1.65. The predicted octanol–water partition coefficient (Wildman–Crippen LogP) is 1.71. The molecule has 1 aromatic rings. The number of amides is 2. The number of aromatic amines is 1. The number of nitrogens with one attached hydrogen (secondary N) is 2. The molecule has 22 heavy (non-hydrogen) atoms. The summed E-state index contributed by atoms with van der Waals surface area (Å²) in [4.78, 5) is 26.9. The minimum atomic E-state index is -0.490. The van der Waals surface area contributed by atoms with E-state index in [1.807, 2.05) is 6.92 Å². The second kappa shape index (κ2) is 6.10. The van der Waals surface area contributed by atoms with Gasteiger partial charge < -0.3 is 10.2 Å². The Labute approximate surface area is 130 Å². The Morgan fingerprint density at radius 1 is 1.36 bits per heavy atom. The first-order valence-electron chi connectivity index (χ1n) is 8.18. The van der Waals surface area contributed by atoms with Crippen LogP contribution in [0, 0.1) is 5.41 Å². The summed E-state index contributed by atoms with van der Waals surface area (Å²) in [5.74, 6) is 0.0265. The normalized spacial score (nSPS) is 26.1. The predicted molar refractivity (Wildman–Crippen MR) is 82.2 cm³/mol. The molecule has 1 aliphatic heterocycles. The molecule has 0 aromatic carbocycles. The summed E-state index contributed by atoms with van der Waals surface area (Å²) in [6.07, 6.45) is 7.82. The van der Waals surface area contributed by atoms with E-state index in [4.69, 9.17) is 0 Å². The van der Waals surface area contributed by atoms with Gasteiger partial charge in [0.05, 0.1) is 5.41 Å². The van der Waals surface area contributed by atoms with Crippen molar-refractivity contribution in [2.24, 2.45) is 5.41 Å². The molecular formula is C16H24N4O2. The van der Waals surface area contributed by atoms with E-state index in [1.165, 1.54) is 12.8 Å². The van der Waals surface area contributed by atoms with Crippen LogP contribution in [-0.2, 0) is 4.79 Å². The van der Waals surface area contributed by atoms with Gasteiger partial charge in [-0.1, -0.05) is 12.8 Å². The van der Waals surface area contributed by atoms with Crippen molar-refractivity contribution in [2.45, 2.75) is 51.5 Å². The van der Waals surface area contributed by atoms with Crippen LogP contribution in [0.5, 0.6) is 0 Å². The number of hydrogen-bond acceptors (Lipinski definition) is 3. The first-order valence-corrected chi connectivity index (χ1v) is 8.18. The molecule has 120 valence electrons. The number of hydrogen-bond donors (Lipinski definition) is 2. The van der Waals surface area contributed by atoms with Gasteiger partial charge in [-0.3, -0.25) is 14.7 Å². The highest BCUT2D eigenvalue weighted by molar-refractivity contribution is 5.93. The molecule has 1 saturated carbocycles. The van der Waals surface area contributed by atoms with Gasteiger partial charge in [-0.05, 0) is 38.7 Å². The van der Waals surface area contributed by atoms with Crippen molar-refractivity contribution in [3.63, 3.8) is 0 Å². The molecule has 0 radical (unpaired) electrons. The third-order valence-corrected chi connectivity index (χ3v) is 4.95. The Hall–Kier alpha value is -1.85. The van der Waals surface area contributed by atoms with E-state index >= 15 is 0 Å². The molecule has 0 spiro atoms. The average molecular weight is 304 g/mol. The van der Waals surface area contributed by atoms with Crippen LogP contribution < -0.4 is 5.32 Å². The van der Waals surface area contributed by atoms with Crippen LogP contribution in [0.4, 0.5) is 0 Å². The summed E-state index contributed by atoms with van der Waals surface area (Å²) in [5, 5.41) is 9.72. The van der Waals surface area contributed by atoms with Gasteiger partial charge >= 0.3 is 0 Å². The molecule has 1 saturated heterocycles. The second-order valence-corrected chi connectivity index (χ2v) is 6.82. The highest BCUT2D eigenvalue weighted by atomic mass is 16.2. The van der Waals surface area contributed by atoms with Crippen LogP contribution >= 0.6 is 0 Å². The topological polar surface area (TPSA) is 78.1 Å². The van der Waals surface area contributed by atoms with Gasteiger partial charge in [-0.2, -0.15) is 5.10 Å². The molecule has 0 bridgehead atoms. The van der Waals surface area contributed by atoms with E-state index < -0.39 is 5.41 Å². The van der Waals surface area contributed by atoms with Gasteiger partial charge in [0.1, 0.15) is 5.69 Å². The van der Waals surface area contributed by atoms with Crippen LogP contribution in [0.15, 0.2) is 12.3 Å². The standard InChI is InChI=1S/C16H24N4O2/c1-16(15(22)18-12-5-2-3-6-12)8-4-10-20(11-16)14(21)13-7-9-17-19-13/h7,9,12H,2-6,8,10-11H2,1H3,(H,17,19)(H,18,22)/t16-/m1/s1. The highest BCUT2D eigenvalue weighted by Crippen LogP contribution is 2.31. The molecule has 2 fully saturated rings. The minimum absolute atomic E-state index is 0.0721. The quantitative estimate of drug-likeness (QED) is 0.892. The summed E-state index contributed by atoms with van der Waals surface area (Å²) in [6.45, 7) is 3.15. The molecule has 3 rings (SSSR count). The lowest BCUT2D eigenvalue weighted by atomic mass is 9.80. The van der Waals surface area contributed by atoms with E-state index in [9.17, 15) is 9.59 Å². The molecule has 0 unspecified atom stereocenters. The Kier molecular flexibility index (Phi) is 4.18. The fourth-order valence-electron chi connectivity index (χ4n) is 3.57. The maximum absolute atomic E-state index is 12.7. The molecule has 2 N–H and O–H groups in total.